The molecule has 2 aromatic carbocycles. The predicted octanol–water partition coefficient (Wildman–Crippen LogP) is 9.07. The third kappa shape index (κ3) is 8.52. The third-order valence-corrected chi connectivity index (χ3v) is 10.0. The van der Waals surface area contributed by atoms with Crippen LogP contribution in [0.2, 0.25) is 0 Å². The standard InChI is InChI=1S/C40H53N5O/c1-7-30(5)42-25-36-18-17-33(23-29(36)4)27-46-39-16-10-15-38(43-39)34-19-21-44(22-20-34)31(6)40(41)45(26-32-11-8-12-32)37-14-9-13-35(24-37)28(2)3/h9-10,13-18,23-25,30-32,34,41H,2,7-8,11-12,19-22,26-27H2,1,3-6H3/b41-40?,42-25-. The van der Waals surface area contributed by atoms with Crippen LogP contribution < -0.4 is 9.64 Å². The summed E-state index contributed by atoms with van der Waals surface area (Å²) >= 11 is 0. The SMILES string of the molecule is C=C(C)c1cccc(N(CC2CCC2)C(=N)C(C)N2CCC(c3cccc(OCc4ccc(/C=N\C(C)CC)c(C)c4)n3)CC2)c1. The number of piperidine rings is 1. The van der Waals surface area contributed by atoms with Gasteiger partial charge in [0.15, 0.2) is 0 Å². The summed E-state index contributed by atoms with van der Waals surface area (Å²) in [5.41, 5.74) is 7.91. The van der Waals surface area contributed by atoms with Crippen LogP contribution in [0.15, 0.2) is 72.2 Å². The molecule has 0 amide bonds. The van der Waals surface area contributed by atoms with Crippen molar-refractivity contribution in [1.29, 1.82) is 5.41 Å². The molecule has 2 atom stereocenters. The molecule has 2 heterocycles. The molecule has 0 radical (unpaired) electrons. The molecule has 5 rings (SSSR count). The van der Waals surface area contributed by atoms with Crippen LogP contribution in [-0.4, -0.2) is 53.7 Å². The van der Waals surface area contributed by atoms with E-state index in [-0.39, 0.29) is 6.04 Å². The summed E-state index contributed by atoms with van der Waals surface area (Å²) < 4.78 is 6.17. The summed E-state index contributed by atoms with van der Waals surface area (Å²) in [4.78, 5) is 14.3. The van der Waals surface area contributed by atoms with Crippen LogP contribution in [0.5, 0.6) is 5.88 Å². The Morgan fingerprint density at radius 1 is 1.09 bits per heavy atom. The van der Waals surface area contributed by atoms with Crippen LogP contribution in [-0.2, 0) is 6.61 Å². The van der Waals surface area contributed by atoms with Crippen molar-refractivity contribution in [3.8, 4) is 5.88 Å². The van der Waals surface area contributed by atoms with E-state index < -0.39 is 0 Å². The molecule has 1 aromatic heterocycles. The monoisotopic (exact) mass is 619 g/mol. The molecular formula is C40H53N5O. The molecule has 1 aliphatic carbocycles. The molecule has 1 saturated carbocycles. The van der Waals surface area contributed by atoms with E-state index in [1.165, 1.54) is 24.8 Å². The van der Waals surface area contributed by atoms with Crippen LogP contribution in [0.25, 0.3) is 5.57 Å². The van der Waals surface area contributed by atoms with Crippen LogP contribution in [0.3, 0.4) is 0 Å². The van der Waals surface area contributed by atoms with Gasteiger partial charge in [-0.2, -0.15) is 0 Å². The molecule has 2 fully saturated rings. The maximum absolute atomic E-state index is 9.35. The van der Waals surface area contributed by atoms with E-state index in [1.807, 2.05) is 12.3 Å². The summed E-state index contributed by atoms with van der Waals surface area (Å²) in [5, 5.41) is 9.35. The normalized spacial score (nSPS) is 17.4. The van der Waals surface area contributed by atoms with E-state index in [9.17, 15) is 5.41 Å². The maximum atomic E-state index is 9.35. The number of likely N-dealkylation sites (tertiary alicyclic amines) is 1. The molecule has 6 heteroatoms. The fourth-order valence-corrected chi connectivity index (χ4v) is 6.38. The molecule has 2 unspecified atom stereocenters. The van der Waals surface area contributed by atoms with Gasteiger partial charge < -0.3 is 9.64 Å². The molecule has 46 heavy (non-hydrogen) atoms. The van der Waals surface area contributed by atoms with Gasteiger partial charge in [-0.1, -0.05) is 61.9 Å². The van der Waals surface area contributed by atoms with Crippen molar-refractivity contribution in [3.05, 3.63) is 95.2 Å². The Balaban J connectivity index is 1.17. The average molecular weight is 620 g/mol. The first kappa shape index (κ1) is 33.6. The number of amidine groups is 1. The minimum absolute atomic E-state index is 0.0494. The van der Waals surface area contributed by atoms with Gasteiger partial charge in [0, 0.05) is 42.2 Å². The van der Waals surface area contributed by atoms with E-state index in [1.54, 1.807) is 0 Å². The molecule has 1 saturated heterocycles. The zero-order valence-electron chi connectivity index (χ0n) is 28.6. The van der Waals surface area contributed by atoms with Crippen molar-refractivity contribution in [2.45, 2.75) is 97.8 Å². The van der Waals surface area contributed by atoms with Gasteiger partial charge in [0.25, 0.3) is 0 Å². The Bertz CT molecular complexity index is 1520. The molecule has 2 aliphatic rings. The van der Waals surface area contributed by atoms with Crippen molar-refractivity contribution in [2.75, 3.05) is 24.5 Å². The molecule has 1 N–H and O–H groups in total. The Kier molecular flexibility index (Phi) is 11.5. The minimum atomic E-state index is 0.0494. The van der Waals surface area contributed by atoms with E-state index in [2.05, 4.69) is 111 Å². The topological polar surface area (TPSA) is 64.8 Å². The quantitative estimate of drug-likeness (QED) is 0.153. The summed E-state index contributed by atoms with van der Waals surface area (Å²) in [6.07, 6.45) is 8.92. The number of rotatable bonds is 13. The Labute approximate surface area is 277 Å². The second kappa shape index (κ2) is 15.7. The number of aliphatic imine (C=N–C) groups is 1. The molecule has 3 aromatic rings. The molecule has 0 spiro atoms. The number of ether oxygens (including phenoxy) is 1. The average Bonchev–Trinajstić information content (AvgIpc) is 3.06. The largest absolute Gasteiger partial charge is 0.473 e. The highest BCUT2D eigenvalue weighted by Gasteiger charge is 2.31. The number of anilines is 1. The van der Waals surface area contributed by atoms with Crippen LogP contribution in [0.1, 0.15) is 100 Å². The van der Waals surface area contributed by atoms with Crippen molar-refractivity contribution >= 4 is 23.3 Å². The lowest BCUT2D eigenvalue weighted by atomic mass is 9.84. The lowest BCUT2D eigenvalue weighted by molar-refractivity contribution is 0.192. The zero-order valence-corrected chi connectivity index (χ0v) is 28.6. The first-order valence-corrected chi connectivity index (χ1v) is 17.3. The van der Waals surface area contributed by atoms with Crippen molar-refractivity contribution in [3.63, 3.8) is 0 Å². The highest BCUT2D eigenvalue weighted by atomic mass is 16.5. The number of benzene rings is 2. The second-order valence-corrected chi connectivity index (χ2v) is 13.5. The van der Waals surface area contributed by atoms with E-state index in [0.29, 0.717) is 36.2 Å². The van der Waals surface area contributed by atoms with E-state index >= 15 is 0 Å². The number of aryl methyl sites for hydroxylation is 1. The Morgan fingerprint density at radius 2 is 1.85 bits per heavy atom. The third-order valence-electron chi connectivity index (χ3n) is 10.0. The molecule has 0 bridgehead atoms. The Morgan fingerprint density at radius 3 is 2.52 bits per heavy atom. The van der Waals surface area contributed by atoms with Crippen LogP contribution in [0.4, 0.5) is 5.69 Å². The summed E-state index contributed by atoms with van der Waals surface area (Å²) in [6, 6.07) is 21.6. The van der Waals surface area contributed by atoms with Gasteiger partial charge in [0.1, 0.15) is 12.4 Å². The van der Waals surface area contributed by atoms with Crippen molar-refractivity contribution in [2.24, 2.45) is 10.9 Å². The highest BCUT2D eigenvalue weighted by Crippen LogP contribution is 2.32. The maximum Gasteiger partial charge on any atom is 0.213 e. The number of nitrogens with one attached hydrogen (secondary N) is 1. The number of hydrogen-bond acceptors (Lipinski definition) is 5. The first-order chi connectivity index (χ1) is 22.2. The van der Waals surface area contributed by atoms with Gasteiger partial charge in [-0.25, -0.2) is 4.98 Å². The second-order valence-electron chi connectivity index (χ2n) is 13.5. The van der Waals surface area contributed by atoms with Gasteiger partial charge in [0.2, 0.25) is 5.88 Å². The molecular weight excluding hydrogens is 566 g/mol. The molecule has 6 nitrogen and oxygen atoms in total. The van der Waals surface area contributed by atoms with Gasteiger partial charge in [-0.05, 0) is 119 Å². The number of allylic oxidation sites excluding steroid dienone is 1. The summed E-state index contributed by atoms with van der Waals surface area (Å²) in [5.74, 6) is 2.44. The zero-order chi connectivity index (χ0) is 32.6. The lowest BCUT2D eigenvalue weighted by Gasteiger charge is -2.41. The van der Waals surface area contributed by atoms with Gasteiger partial charge in [-0.15, -0.1) is 0 Å². The fourth-order valence-electron chi connectivity index (χ4n) is 6.38. The molecule has 1 aliphatic heterocycles. The van der Waals surface area contributed by atoms with E-state index in [4.69, 9.17) is 9.72 Å². The van der Waals surface area contributed by atoms with Crippen molar-refractivity contribution in [1.82, 2.24) is 9.88 Å². The van der Waals surface area contributed by atoms with Crippen LogP contribution in [0, 0.1) is 18.3 Å². The number of pyridine rings is 1. The first-order valence-electron chi connectivity index (χ1n) is 17.3. The minimum Gasteiger partial charge on any atom is -0.473 e. The Hall–Kier alpha value is -3.77. The smallest absolute Gasteiger partial charge is 0.213 e. The highest BCUT2D eigenvalue weighted by molar-refractivity contribution is 5.99. The predicted molar refractivity (Wildman–Crippen MR) is 194 cm³/mol. The summed E-state index contributed by atoms with van der Waals surface area (Å²) in [6.45, 7) is 18.2. The number of hydrogen-bond donors (Lipinski definition) is 1. The molecule has 244 valence electrons. The van der Waals surface area contributed by atoms with Crippen molar-refractivity contribution < 1.29 is 4.74 Å². The van der Waals surface area contributed by atoms with Crippen LogP contribution >= 0.6 is 0 Å². The van der Waals surface area contributed by atoms with Gasteiger partial charge in [0.05, 0.1) is 6.04 Å². The lowest BCUT2D eigenvalue weighted by Crippen LogP contribution is -2.50. The van der Waals surface area contributed by atoms with E-state index in [0.717, 1.165) is 72.5 Å². The fraction of sp³-hybridized carbons (Fsp3) is 0.475. The van der Waals surface area contributed by atoms with Gasteiger partial charge >= 0.3 is 0 Å². The van der Waals surface area contributed by atoms with Gasteiger partial charge in [-0.3, -0.25) is 15.3 Å². The number of nitrogens with zero attached hydrogens (tertiary/aromatic N) is 4. The number of aromatic nitrogens is 1. The summed E-state index contributed by atoms with van der Waals surface area (Å²) in [7, 11) is 0.